The molecule has 0 aliphatic rings. The van der Waals surface area contributed by atoms with Gasteiger partial charge in [-0.1, -0.05) is 18.2 Å². The topological polar surface area (TPSA) is 95.1 Å². The summed E-state index contributed by atoms with van der Waals surface area (Å²) in [5.41, 5.74) is 7.64. The summed E-state index contributed by atoms with van der Waals surface area (Å²) < 4.78 is 5.06. The van der Waals surface area contributed by atoms with E-state index < -0.39 is 12.0 Å². The van der Waals surface area contributed by atoms with E-state index in [2.05, 4.69) is 10.1 Å². The first-order chi connectivity index (χ1) is 10.2. The number of hydrogen-bond acceptors (Lipinski definition) is 5. The number of methoxy groups -OCH3 is 1. The molecule has 0 saturated heterocycles. The highest BCUT2D eigenvalue weighted by atomic mass is 16.5. The van der Waals surface area contributed by atoms with E-state index in [-0.39, 0.29) is 0 Å². The maximum atomic E-state index is 11.0. The first-order valence-electron chi connectivity index (χ1n) is 6.57. The lowest BCUT2D eigenvalue weighted by molar-refractivity contribution is -0.138. The largest absolute Gasteiger partial charge is 0.497 e. The van der Waals surface area contributed by atoms with Gasteiger partial charge in [0.05, 0.1) is 13.7 Å². The third-order valence-corrected chi connectivity index (χ3v) is 2.79. The summed E-state index contributed by atoms with van der Waals surface area (Å²) >= 11 is 0. The highest BCUT2D eigenvalue weighted by Crippen LogP contribution is 2.12. The van der Waals surface area contributed by atoms with Crippen molar-refractivity contribution >= 4 is 18.3 Å². The first-order valence-corrected chi connectivity index (χ1v) is 6.57. The van der Waals surface area contributed by atoms with Crippen LogP contribution < -0.4 is 4.74 Å². The molecule has 0 amide bonds. The van der Waals surface area contributed by atoms with Crippen molar-refractivity contribution in [1.82, 2.24) is 0 Å². The summed E-state index contributed by atoms with van der Waals surface area (Å²) in [5.74, 6) is -0.180. The van der Waals surface area contributed by atoms with Crippen LogP contribution in [-0.2, 0) is 4.79 Å². The van der Waals surface area contributed by atoms with Gasteiger partial charge in [-0.25, -0.2) is 10.3 Å². The smallest absolute Gasteiger partial charge is 0.328 e. The van der Waals surface area contributed by atoms with E-state index in [1.807, 2.05) is 30.3 Å². The molecule has 1 aromatic rings. The Labute approximate surface area is 123 Å². The molecule has 1 rings (SSSR count). The van der Waals surface area contributed by atoms with Crippen LogP contribution in [0.3, 0.4) is 0 Å². The van der Waals surface area contributed by atoms with Crippen LogP contribution >= 0.6 is 0 Å². The Balaban J connectivity index is 2.54. The van der Waals surface area contributed by atoms with Gasteiger partial charge in [0.2, 0.25) is 0 Å². The minimum atomic E-state index is -0.964. The number of benzene rings is 1. The molecule has 2 N–H and O–H groups in total. The molecule has 21 heavy (non-hydrogen) atoms. The number of nitrogens with zero attached hydrogens (tertiary/aromatic N) is 2. The summed E-state index contributed by atoms with van der Waals surface area (Å²) in [6.45, 7) is 0.334. The van der Waals surface area contributed by atoms with Crippen LogP contribution in [-0.4, -0.2) is 37.0 Å². The van der Waals surface area contributed by atoms with Gasteiger partial charge in [0.25, 0.3) is 0 Å². The van der Waals surface area contributed by atoms with Gasteiger partial charge in [-0.2, -0.15) is 5.11 Å². The zero-order valence-electron chi connectivity index (χ0n) is 11.9. The van der Waals surface area contributed by atoms with E-state index >= 15 is 0 Å². The minimum Gasteiger partial charge on any atom is -0.497 e. The van der Waals surface area contributed by atoms with Crippen molar-refractivity contribution in [3.8, 4) is 5.75 Å². The van der Waals surface area contributed by atoms with Gasteiger partial charge >= 0.3 is 5.97 Å². The Kier molecular flexibility index (Phi) is 7.42. The third kappa shape index (κ3) is 6.47. The summed E-state index contributed by atoms with van der Waals surface area (Å²) in [4.78, 5) is 15.0. The Hall–Kier alpha value is -2.50. The molecule has 0 bridgehead atoms. The molecule has 0 radical (unpaired) electrons. The molecule has 0 unspecified atom stereocenters. The number of rotatable bonds is 9. The van der Waals surface area contributed by atoms with Gasteiger partial charge in [0, 0.05) is 6.21 Å². The maximum Gasteiger partial charge on any atom is 0.328 e. The Morgan fingerprint density at radius 2 is 2.14 bits per heavy atom. The lowest BCUT2D eigenvalue weighted by Crippen LogP contribution is -2.18. The van der Waals surface area contributed by atoms with Gasteiger partial charge in [-0.15, -0.1) is 0 Å². The second kappa shape index (κ2) is 9.41. The number of carboxylic acids is 1. The van der Waals surface area contributed by atoms with Gasteiger partial charge < -0.3 is 9.84 Å². The van der Waals surface area contributed by atoms with E-state index in [4.69, 9.17) is 15.4 Å². The Morgan fingerprint density at radius 1 is 1.43 bits per heavy atom. The monoisotopic (exact) mass is 289 g/mol. The molecule has 0 aliphatic carbocycles. The predicted octanol–water partition coefficient (Wildman–Crippen LogP) is 3.04. The van der Waals surface area contributed by atoms with Crippen LogP contribution in [0.1, 0.15) is 18.4 Å². The summed E-state index contributed by atoms with van der Waals surface area (Å²) in [5, 5.41) is 12.2. The number of carboxylic acid groups (broad SMARTS) is 1. The average Bonchev–Trinajstić information content (AvgIpc) is 2.50. The molecule has 1 atom stereocenters. The van der Waals surface area contributed by atoms with E-state index in [0.717, 1.165) is 11.3 Å². The van der Waals surface area contributed by atoms with Crippen LogP contribution in [0.2, 0.25) is 0 Å². The number of aliphatic carboxylic acids is 1. The molecule has 6 nitrogen and oxygen atoms in total. The fourth-order valence-corrected chi connectivity index (χ4v) is 1.65. The van der Waals surface area contributed by atoms with Crippen molar-refractivity contribution < 1.29 is 14.6 Å². The normalized spacial score (nSPS) is 12.6. The SMILES string of the molecule is COc1ccc(/C=C/C=N[C@@H](CCCN=N)C(=O)O)cc1. The van der Waals surface area contributed by atoms with Crippen LogP contribution in [0.15, 0.2) is 40.4 Å². The van der Waals surface area contributed by atoms with E-state index in [1.165, 1.54) is 6.21 Å². The molecule has 0 saturated carbocycles. The van der Waals surface area contributed by atoms with Crippen LogP contribution in [0.25, 0.3) is 6.08 Å². The predicted molar refractivity (Wildman–Crippen MR) is 81.2 cm³/mol. The van der Waals surface area contributed by atoms with Crippen molar-refractivity contribution in [2.24, 2.45) is 10.1 Å². The van der Waals surface area contributed by atoms with Crippen molar-refractivity contribution in [3.05, 3.63) is 35.9 Å². The molecule has 0 heterocycles. The van der Waals surface area contributed by atoms with Gasteiger partial charge in [0.15, 0.2) is 0 Å². The van der Waals surface area contributed by atoms with Crippen molar-refractivity contribution in [2.45, 2.75) is 18.9 Å². The first kappa shape index (κ1) is 16.6. The number of aliphatic imine (C=N–C) groups is 1. The molecule has 1 aromatic carbocycles. The lowest BCUT2D eigenvalue weighted by atomic mass is 10.1. The maximum absolute atomic E-state index is 11.0. The summed E-state index contributed by atoms with van der Waals surface area (Å²) in [6.07, 6.45) is 5.94. The van der Waals surface area contributed by atoms with Crippen molar-refractivity contribution in [1.29, 1.82) is 5.53 Å². The highest BCUT2D eigenvalue weighted by molar-refractivity contribution is 5.82. The summed E-state index contributed by atoms with van der Waals surface area (Å²) in [6, 6.07) is 6.70. The molecular weight excluding hydrogens is 270 g/mol. The average molecular weight is 289 g/mol. The molecule has 0 aliphatic heterocycles. The molecule has 0 aromatic heterocycles. The quantitative estimate of drug-likeness (QED) is 0.415. The van der Waals surface area contributed by atoms with Crippen LogP contribution in [0.4, 0.5) is 0 Å². The highest BCUT2D eigenvalue weighted by Gasteiger charge is 2.13. The molecule has 0 spiro atoms. The van der Waals surface area contributed by atoms with Crippen LogP contribution in [0, 0.1) is 5.53 Å². The summed E-state index contributed by atoms with van der Waals surface area (Å²) in [7, 11) is 1.61. The number of nitrogens with one attached hydrogen (secondary N) is 1. The van der Waals surface area contributed by atoms with E-state index in [9.17, 15) is 4.79 Å². The Bertz CT molecular complexity index is 509. The zero-order valence-corrected chi connectivity index (χ0v) is 11.9. The second-order valence-corrected chi connectivity index (χ2v) is 4.31. The number of hydrogen-bond donors (Lipinski definition) is 2. The van der Waals surface area contributed by atoms with Gasteiger partial charge in [-0.3, -0.25) is 4.99 Å². The number of ether oxygens (including phenoxy) is 1. The van der Waals surface area contributed by atoms with Crippen molar-refractivity contribution in [2.75, 3.05) is 13.7 Å². The number of carbonyl (C=O) groups is 1. The zero-order chi connectivity index (χ0) is 15.5. The Morgan fingerprint density at radius 3 is 2.71 bits per heavy atom. The molecule has 112 valence electrons. The van der Waals surface area contributed by atoms with Gasteiger partial charge in [-0.05, 0) is 36.6 Å². The second-order valence-electron chi connectivity index (χ2n) is 4.31. The van der Waals surface area contributed by atoms with E-state index in [0.29, 0.717) is 19.4 Å². The molecular formula is C15H19N3O3. The lowest BCUT2D eigenvalue weighted by Gasteiger charge is -2.04. The fourth-order valence-electron chi connectivity index (χ4n) is 1.65. The van der Waals surface area contributed by atoms with Gasteiger partial charge in [0.1, 0.15) is 11.8 Å². The fraction of sp³-hybridized carbons (Fsp3) is 0.333. The minimum absolute atomic E-state index is 0.334. The third-order valence-electron chi connectivity index (χ3n) is 2.79. The molecule has 0 fully saturated rings. The van der Waals surface area contributed by atoms with E-state index in [1.54, 1.807) is 13.2 Å². The van der Waals surface area contributed by atoms with Crippen molar-refractivity contribution in [3.63, 3.8) is 0 Å². The molecule has 6 heteroatoms. The number of allylic oxidation sites excluding steroid dienone is 1. The standard InChI is InChI=1S/C15H19N3O3/c1-21-13-8-6-12(7-9-13)4-2-10-17-14(15(19)20)5-3-11-18-16/h2,4,6-10,14,16H,3,5,11H2,1H3,(H,19,20)/b4-2+,17-10?,18-16?/t14-/m0/s1. The van der Waals surface area contributed by atoms with Crippen LogP contribution in [0.5, 0.6) is 5.75 Å².